The molecule has 3 rings (SSSR count). The van der Waals surface area contributed by atoms with Gasteiger partial charge in [-0.25, -0.2) is 9.59 Å². The van der Waals surface area contributed by atoms with Crippen molar-refractivity contribution >= 4 is 18.0 Å². The van der Waals surface area contributed by atoms with E-state index in [0.29, 0.717) is 25.8 Å². The maximum atomic E-state index is 12.9. The summed E-state index contributed by atoms with van der Waals surface area (Å²) in [6.45, 7) is -0.652. The second-order valence-electron chi connectivity index (χ2n) is 7.85. The number of amides is 2. The van der Waals surface area contributed by atoms with E-state index in [1.54, 1.807) is 0 Å². The highest BCUT2D eigenvalue weighted by Gasteiger charge is 2.38. The smallest absolute Gasteiger partial charge is 0.407 e. The molecule has 2 aromatic rings. The molecule has 9 heteroatoms. The van der Waals surface area contributed by atoms with Gasteiger partial charge in [-0.15, -0.1) is 0 Å². The van der Waals surface area contributed by atoms with E-state index >= 15 is 0 Å². The van der Waals surface area contributed by atoms with Gasteiger partial charge in [0.1, 0.15) is 6.61 Å². The van der Waals surface area contributed by atoms with Crippen LogP contribution in [0, 0.1) is 0 Å². The molecule has 2 aromatic carbocycles. The summed E-state index contributed by atoms with van der Waals surface area (Å²) in [5.41, 5.74) is 4.56. The van der Waals surface area contributed by atoms with Gasteiger partial charge in [0.15, 0.2) is 0 Å². The SMILES string of the molecule is O=C(CCCCCNC(=O)OCC1c2ccccc2-c2ccccc21)NCC(F)(F)C(=O)O. The number of hydrogen-bond acceptors (Lipinski definition) is 4. The number of aliphatic carboxylic acids is 1. The Morgan fingerprint density at radius 2 is 1.52 bits per heavy atom. The zero-order valence-electron chi connectivity index (χ0n) is 18.0. The number of carboxylic acids is 1. The summed E-state index contributed by atoms with van der Waals surface area (Å²) >= 11 is 0. The van der Waals surface area contributed by atoms with Crippen LogP contribution in [0.3, 0.4) is 0 Å². The molecule has 0 radical (unpaired) electrons. The summed E-state index contributed by atoms with van der Waals surface area (Å²) < 4.78 is 31.3. The molecule has 1 aliphatic rings. The molecule has 0 aromatic heterocycles. The molecule has 0 atom stereocenters. The minimum Gasteiger partial charge on any atom is -0.477 e. The third kappa shape index (κ3) is 6.27. The van der Waals surface area contributed by atoms with Crippen molar-refractivity contribution < 1.29 is 33.0 Å². The lowest BCUT2D eigenvalue weighted by Crippen LogP contribution is -2.42. The van der Waals surface area contributed by atoms with E-state index in [9.17, 15) is 23.2 Å². The lowest BCUT2D eigenvalue weighted by Gasteiger charge is -2.14. The zero-order chi connectivity index (χ0) is 23.8. The molecule has 0 unspecified atom stereocenters. The highest BCUT2D eigenvalue weighted by atomic mass is 19.3. The number of benzene rings is 2. The highest BCUT2D eigenvalue weighted by molar-refractivity contribution is 5.80. The summed E-state index contributed by atoms with van der Waals surface area (Å²) in [6, 6.07) is 16.1. The largest absolute Gasteiger partial charge is 0.477 e. The Balaban J connectivity index is 1.32. The third-order valence-corrected chi connectivity index (χ3v) is 5.51. The van der Waals surface area contributed by atoms with Crippen LogP contribution in [0.1, 0.15) is 42.7 Å². The number of carboxylic acid groups (broad SMARTS) is 1. The maximum Gasteiger partial charge on any atom is 0.407 e. The first kappa shape index (κ1) is 24.2. The van der Waals surface area contributed by atoms with Crippen molar-refractivity contribution in [2.45, 2.75) is 37.5 Å². The molecular weight excluding hydrogens is 434 g/mol. The summed E-state index contributed by atoms with van der Waals surface area (Å²) in [5, 5.41) is 12.9. The predicted octanol–water partition coefficient (Wildman–Crippen LogP) is 3.92. The molecule has 1 aliphatic carbocycles. The number of ether oxygens (including phenoxy) is 1. The van der Waals surface area contributed by atoms with Crippen LogP contribution >= 0.6 is 0 Å². The molecule has 2 amide bonds. The minimum atomic E-state index is -3.98. The first-order chi connectivity index (χ1) is 15.8. The fourth-order valence-corrected chi connectivity index (χ4v) is 3.80. The first-order valence-electron chi connectivity index (χ1n) is 10.8. The normalized spacial score (nSPS) is 12.5. The Morgan fingerprint density at radius 1 is 0.909 bits per heavy atom. The first-order valence-corrected chi connectivity index (χ1v) is 10.8. The van der Waals surface area contributed by atoms with Crippen LogP contribution in [0.25, 0.3) is 11.1 Å². The Morgan fingerprint density at radius 3 is 2.12 bits per heavy atom. The molecule has 3 N–H and O–H groups in total. The van der Waals surface area contributed by atoms with Crippen molar-refractivity contribution in [3.05, 3.63) is 59.7 Å². The monoisotopic (exact) mass is 460 g/mol. The van der Waals surface area contributed by atoms with Crippen LogP contribution in [0.15, 0.2) is 48.5 Å². The average molecular weight is 460 g/mol. The molecule has 0 aliphatic heterocycles. The summed E-state index contributed by atoms with van der Waals surface area (Å²) in [6.07, 6.45) is 1.08. The molecule has 0 spiro atoms. The molecule has 176 valence electrons. The molecule has 0 fully saturated rings. The maximum absolute atomic E-state index is 12.9. The van der Waals surface area contributed by atoms with Crippen LogP contribution in [0.5, 0.6) is 0 Å². The van der Waals surface area contributed by atoms with Crippen LogP contribution in [0.2, 0.25) is 0 Å². The van der Waals surface area contributed by atoms with E-state index in [4.69, 9.17) is 9.84 Å². The van der Waals surface area contributed by atoms with Gasteiger partial charge in [-0.3, -0.25) is 4.79 Å². The third-order valence-electron chi connectivity index (χ3n) is 5.51. The Labute approximate surface area is 190 Å². The van der Waals surface area contributed by atoms with Gasteiger partial charge >= 0.3 is 18.0 Å². The van der Waals surface area contributed by atoms with Crippen molar-refractivity contribution in [1.82, 2.24) is 10.6 Å². The van der Waals surface area contributed by atoms with Gasteiger partial charge in [0.05, 0.1) is 6.54 Å². The van der Waals surface area contributed by atoms with Crippen molar-refractivity contribution in [3.8, 4) is 11.1 Å². The van der Waals surface area contributed by atoms with E-state index in [-0.39, 0.29) is 18.9 Å². The van der Waals surface area contributed by atoms with Gasteiger partial charge in [-0.1, -0.05) is 55.0 Å². The molecule has 33 heavy (non-hydrogen) atoms. The zero-order valence-corrected chi connectivity index (χ0v) is 18.0. The molecule has 0 saturated carbocycles. The minimum absolute atomic E-state index is 0.000638. The molecule has 0 heterocycles. The number of unbranched alkanes of at least 4 members (excludes halogenated alkanes) is 2. The number of carbonyl (C=O) groups is 3. The highest BCUT2D eigenvalue weighted by Crippen LogP contribution is 2.44. The number of alkyl carbamates (subject to hydrolysis) is 1. The molecule has 0 bridgehead atoms. The lowest BCUT2D eigenvalue weighted by atomic mass is 9.98. The van der Waals surface area contributed by atoms with Gasteiger partial charge in [0, 0.05) is 18.9 Å². The van der Waals surface area contributed by atoms with Crippen molar-refractivity contribution in [1.29, 1.82) is 0 Å². The Kier molecular flexibility index (Phi) is 7.97. The van der Waals surface area contributed by atoms with Gasteiger partial charge in [-0.05, 0) is 35.1 Å². The fourth-order valence-electron chi connectivity index (χ4n) is 3.80. The summed E-state index contributed by atoms with van der Waals surface area (Å²) in [4.78, 5) is 33.9. The number of fused-ring (bicyclic) bond motifs is 3. The van der Waals surface area contributed by atoms with E-state index in [1.807, 2.05) is 41.7 Å². The second-order valence-corrected chi connectivity index (χ2v) is 7.85. The summed E-state index contributed by atoms with van der Waals surface area (Å²) in [5.74, 6) is -6.92. The number of alkyl halides is 2. The topological polar surface area (TPSA) is 105 Å². The average Bonchev–Trinajstić information content (AvgIpc) is 3.12. The number of rotatable bonds is 11. The number of nitrogens with one attached hydrogen (secondary N) is 2. The number of hydrogen-bond donors (Lipinski definition) is 3. The van der Waals surface area contributed by atoms with Crippen molar-refractivity contribution in [2.24, 2.45) is 0 Å². The standard InChI is InChI=1S/C24H26F2N2O5/c25-24(26,22(30)31)15-28-21(29)12-2-1-7-13-27-23(32)33-14-20-18-10-5-3-8-16(18)17-9-4-6-11-19(17)20/h3-6,8-11,20H,1-2,7,12-15H2,(H,27,32)(H,28,29)(H,30,31). The molecule has 7 nitrogen and oxygen atoms in total. The van der Waals surface area contributed by atoms with Crippen LogP contribution in [-0.2, 0) is 14.3 Å². The van der Waals surface area contributed by atoms with Crippen LogP contribution < -0.4 is 10.6 Å². The van der Waals surface area contributed by atoms with E-state index in [0.717, 1.165) is 22.3 Å². The van der Waals surface area contributed by atoms with E-state index in [2.05, 4.69) is 17.4 Å². The fraction of sp³-hybridized carbons (Fsp3) is 0.375. The van der Waals surface area contributed by atoms with Crippen LogP contribution in [-0.4, -0.2) is 48.7 Å². The van der Waals surface area contributed by atoms with Gasteiger partial charge < -0.3 is 20.5 Å². The van der Waals surface area contributed by atoms with Gasteiger partial charge in [-0.2, -0.15) is 8.78 Å². The lowest BCUT2D eigenvalue weighted by molar-refractivity contribution is -0.164. The predicted molar refractivity (Wildman–Crippen MR) is 117 cm³/mol. The Hall–Kier alpha value is -3.49. The quantitative estimate of drug-likeness (QED) is 0.441. The second kappa shape index (κ2) is 10.9. The van der Waals surface area contributed by atoms with Crippen LogP contribution in [0.4, 0.5) is 13.6 Å². The van der Waals surface area contributed by atoms with Gasteiger partial charge in [0.25, 0.3) is 0 Å². The number of carbonyl (C=O) groups excluding carboxylic acids is 2. The van der Waals surface area contributed by atoms with E-state index in [1.165, 1.54) is 0 Å². The Bertz CT molecular complexity index is 966. The molecular formula is C24H26F2N2O5. The van der Waals surface area contributed by atoms with Gasteiger partial charge in [0.2, 0.25) is 5.91 Å². The van der Waals surface area contributed by atoms with Crippen molar-refractivity contribution in [3.63, 3.8) is 0 Å². The number of halogens is 2. The summed E-state index contributed by atoms with van der Waals surface area (Å²) in [7, 11) is 0. The molecule has 0 saturated heterocycles. The van der Waals surface area contributed by atoms with E-state index < -0.39 is 30.4 Å². The van der Waals surface area contributed by atoms with Crippen molar-refractivity contribution in [2.75, 3.05) is 19.7 Å².